The molecule has 120 valence electrons. The van der Waals surface area contributed by atoms with Crippen molar-refractivity contribution in [2.75, 3.05) is 13.2 Å². The number of carboxylic acids is 1. The first-order valence-corrected chi connectivity index (χ1v) is 6.22. The molecule has 0 saturated carbocycles. The van der Waals surface area contributed by atoms with Crippen LogP contribution in [0.15, 0.2) is 24.3 Å². The molecule has 6 N–H and O–H groups in total. The van der Waals surface area contributed by atoms with Gasteiger partial charge >= 0.3 is 5.97 Å². The molecule has 0 aromatic heterocycles. The predicted molar refractivity (Wildman–Crippen MR) is 72.7 cm³/mol. The van der Waals surface area contributed by atoms with Crippen LogP contribution in [0.4, 0.5) is 0 Å². The Kier molecular flexibility index (Phi) is 6.29. The van der Waals surface area contributed by atoms with Crippen LogP contribution >= 0.6 is 0 Å². The van der Waals surface area contributed by atoms with Gasteiger partial charge in [0.2, 0.25) is 11.8 Å². The zero-order valence-corrected chi connectivity index (χ0v) is 11.4. The van der Waals surface area contributed by atoms with Crippen molar-refractivity contribution in [2.24, 2.45) is 0 Å². The molecule has 0 aliphatic rings. The summed E-state index contributed by atoms with van der Waals surface area (Å²) in [4.78, 5) is 34.2. The molecule has 0 radical (unpaired) electrons. The third-order valence-corrected chi connectivity index (χ3v) is 2.73. The lowest BCUT2D eigenvalue weighted by atomic mass is 10.1. The highest BCUT2D eigenvalue weighted by molar-refractivity contribution is 5.91. The standard InChI is InChI=1S/C13H16N2O7/c16-5-9(13(21)22)14-12(20)11(15-10(19)6-17)7-1-3-8(18)4-2-7/h1-4,9,11,16-18H,5-6H2,(H,14,20)(H,15,19)(H,21,22). The Bertz CT molecular complexity index is 544. The molecular formula is C13H16N2O7. The number of aliphatic hydroxyl groups is 2. The number of carbonyl (C=O) groups is 3. The number of hydrogen-bond donors (Lipinski definition) is 6. The lowest BCUT2D eigenvalue weighted by Crippen LogP contribution is -2.49. The second kappa shape index (κ2) is 7.96. The molecule has 2 unspecified atom stereocenters. The third-order valence-electron chi connectivity index (χ3n) is 2.73. The van der Waals surface area contributed by atoms with Crippen molar-refractivity contribution >= 4 is 17.8 Å². The largest absolute Gasteiger partial charge is 0.508 e. The monoisotopic (exact) mass is 312 g/mol. The summed E-state index contributed by atoms with van der Waals surface area (Å²) >= 11 is 0. The summed E-state index contributed by atoms with van der Waals surface area (Å²) in [5, 5.41) is 40.0. The van der Waals surface area contributed by atoms with Crippen LogP contribution in [0.3, 0.4) is 0 Å². The van der Waals surface area contributed by atoms with Crippen molar-refractivity contribution < 1.29 is 34.8 Å². The summed E-state index contributed by atoms with van der Waals surface area (Å²) in [6, 6.07) is 2.45. The average Bonchev–Trinajstić information content (AvgIpc) is 2.50. The van der Waals surface area contributed by atoms with E-state index in [2.05, 4.69) is 10.6 Å². The maximum Gasteiger partial charge on any atom is 0.328 e. The van der Waals surface area contributed by atoms with Gasteiger partial charge in [0, 0.05) is 0 Å². The number of phenols is 1. The molecule has 1 rings (SSSR count). The van der Waals surface area contributed by atoms with E-state index in [1.165, 1.54) is 24.3 Å². The van der Waals surface area contributed by atoms with Crippen LogP contribution in [0.25, 0.3) is 0 Å². The molecule has 9 heteroatoms. The van der Waals surface area contributed by atoms with E-state index in [1.54, 1.807) is 0 Å². The Morgan fingerprint density at radius 3 is 2.09 bits per heavy atom. The summed E-state index contributed by atoms with van der Waals surface area (Å²) in [7, 11) is 0. The summed E-state index contributed by atoms with van der Waals surface area (Å²) < 4.78 is 0. The molecule has 0 heterocycles. The number of amides is 2. The number of carbonyl (C=O) groups excluding carboxylic acids is 2. The van der Waals surface area contributed by atoms with Crippen molar-refractivity contribution in [3.8, 4) is 5.75 Å². The normalized spacial score (nSPS) is 13.0. The van der Waals surface area contributed by atoms with Crippen LogP contribution in [0, 0.1) is 0 Å². The van der Waals surface area contributed by atoms with E-state index in [0.29, 0.717) is 0 Å². The molecule has 9 nitrogen and oxygen atoms in total. The number of rotatable bonds is 7. The fourth-order valence-corrected chi connectivity index (χ4v) is 1.61. The zero-order valence-electron chi connectivity index (χ0n) is 11.4. The second-order valence-electron chi connectivity index (χ2n) is 4.33. The minimum atomic E-state index is -1.53. The maximum atomic E-state index is 12.1. The average molecular weight is 312 g/mol. The zero-order chi connectivity index (χ0) is 16.7. The van der Waals surface area contributed by atoms with Gasteiger partial charge in [-0.05, 0) is 17.7 Å². The Hall–Kier alpha value is -2.65. The number of aromatic hydroxyl groups is 1. The van der Waals surface area contributed by atoms with Gasteiger partial charge in [0.15, 0.2) is 0 Å². The fraction of sp³-hybridized carbons (Fsp3) is 0.308. The Morgan fingerprint density at radius 2 is 1.64 bits per heavy atom. The Labute approximate surface area is 125 Å². The second-order valence-corrected chi connectivity index (χ2v) is 4.33. The van der Waals surface area contributed by atoms with Crippen LogP contribution in [0.1, 0.15) is 11.6 Å². The number of carboxylic acid groups (broad SMARTS) is 1. The number of aliphatic hydroxyl groups excluding tert-OH is 2. The van der Waals surface area contributed by atoms with E-state index in [4.69, 9.17) is 15.3 Å². The first-order chi connectivity index (χ1) is 10.4. The van der Waals surface area contributed by atoms with E-state index >= 15 is 0 Å². The van der Waals surface area contributed by atoms with Gasteiger partial charge in [-0.15, -0.1) is 0 Å². The lowest BCUT2D eigenvalue weighted by Gasteiger charge is -2.20. The smallest absolute Gasteiger partial charge is 0.328 e. The molecule has 0 fully saturated rings. The summed E-state index contributed by atoms with van der Waals surface area (Å²) in [6.45, 7) is -1.68. The van der Waals surface area contributed by atoms with Gasteiger partial charge in [0.25, 0.3) is 0 Å². The molecule has 0 bridgehead atoms. The maximum absolute atomic E-state index is 12.1. The number of aliphatic carboxylic acids is 1. The van der Waals surface area contributed by atoms with Crippen molar-refractivity contribution in [3.05, 3.63) is 29.8 Å². The highest BCUT2D eigenvalue weighted by Gasteiger charge is 2.27. The van der Waals surface area contributed by atoms with Gasteiger partial charge in [-0.1, -0.05) is 12.1 Å². The molecular weight excluding hydrogens is 296 g/mol. The van der Waals surface area contributed by atoms with Crippen LogP contribution in [0.5, 0.6) is 5.75 Å². The van der Waals surface area contributed by atoms with E-state index in [9.17, 15) is 19.5 Å². The van der Waals surface area contributed by atoms with E-state index in [0.717, 1.165) is 0 Å². The quantitative estimate of drug-likeness (QED) is 0.343. The van der Waals surface area contributed by atoms with Crippen molar-refractivity contribution in [1.29, 1.82) is 0 Å². The highest BCUT2D eigenvalue weighted by Crippen LogP contribution is 2.17. The summed E-state index contributed by atoms with van der Waals surface area (Å²) in [5.74, 6) is -3.22. The molecule has 1 aromatic rings. The van der Waals surface area contributed by atoms with E-state index < -0.39 is 43.1 Å². The van der Waals surface area contributed by atoms with Crippen LogP contribution in [0.2, 0.25) is 0 Å². The molecule has 0 aliphatic carbocycles. The lowest BCUT2D eigenvalue weighted by molar-refractivity contribution is -0.143. The first kappa shape index (κ1) is 17.4. The third kappa shape index (κ3) is 4.72. The van der Waals surface area contributed by atoms with Gasteiger partial charge < -0.3 is 31.1 Å². The Balaban J connectivity index is 2.98. The topological polar surface area (TPSA) is 156 Å². The summed E-state index contributed by atoms with van der Waals surface area (Å²) in [6.07, 6.45) is 0. The fourth-order valence-electron chi connectivity index (χ4n) is 1.61. The van der Waals surface area contributed by atoms with Crippen LogP contribution in [-0.4, -0.2) is 57.5 Å². The molecule has 22 heavy (non-hydrogen) atoms. The SMILES string of the molecule is O=C(CO)NC(C(=O)NC(CO)C(=O)O)c1ccc(O)cc1. The number of phenolic OH excluding ortho intramolecular Hbond substituents is 1. The van der Waals surface area contributed by atoms with E-state index in [1.807, 2.05) is 0 Å². The van der Waals surface area contributed by atoms with Gasteiger partial charge in [-0.2, -0.15) is 0 Å². The molecule has 0 aliphatic heterocycles. The predicted octanol–water partition coefficient (Wildman–Crippen LogP) is -1.90. The van der Waals surface area contributed by atoms with Gasteiger partial charge in [-0.3, -0.25) is 9.59 Å². The molecule has 1 aromatic carbocycles. The number of benzene rings is 1. The number of nitrogens with one attached hydrogen (secondary N) is 2. The summed E-state index contributed by atoms with van der Waals surface area (Å²) in [5.41, 5.74) is 0.263. The van der Waals surface area contributed by atoms with Gasteiger partial charge in [0.05, 0.1) is 6.61 Å². The van der Waals surface area contributed by atoms with Crippen LogP contribution < -0.4 is 10.6 Å². The molecule has 0 spiro atoms. The van der Waals surface area contributed by atoms with E-state index in [-0.39, 0.29) is 11.3 Å². The van der Waals surface area contributed by atoms with Gasteiger partial charge in [0.1, 0.15) is 24.4 Å². The minimum Gasteiger partial charge on any atom is -0.508 e. The molecule has 0 saturated heterocycles. The highest BCUT2D eigenvalue weighted by atomic mass is 16.4. The van der Waals surface area contributed by atoms with Crippen molar-refractivity contribution in [3.63, 3.8) is 0 Å². The molecule has 2 amide bonds. The minimum absolute atomic E-state index is 0.0600. The van der Waals surface area contributed by atoms with Crippen LogP contribution in [-0.2, 0) is 14.4 Å². The van der Waals surface area contributed by atoms with Crippen molar-refractivity contribution in [1.82, 2.24) is 10.6 Å². The van der Waals surface area contributed by atoms with Gasteiger partial charge in [-0.25, -0.2) is 4.79 Å². The first-order valence-electron chi connectivity index (χ1n) is 6.22. The number of hydrogen-bond acceptors (Lipinski definition) is 6. The Morgan fingerprint density at radius 1 is 1.05 bits per heavy atom. The van der Waals surface area contributed by atoms with Crippen molar-refractivity contribution in [2.45, 2.75) is 12.1 Å². The molecule has 2 atom stereocenters.